The van der Waals surface area contributed by atoms with Crippen molar-refractivity contribution in [3.8, 4) is 22.3 Å². The molecule has 0 aliphatic heterocycles. The first-order valence-corrected chi connectivity index (χ1v) is 14.1. The molecule has 0 saturated heterocycles. The molecule has 1 nitrogen and oxygen atoms in total. The molecule has 184 valence electrons. The van der Waals surface area contributed by atoms with E-state index < -0.39 is 0 Å². The highest BCUT2D eigenvalue weighted by atomic mass is 15.1. The van der Waals surface area contributed by atoms with Gasteiger partial charge in [0, 0.05) is 22.2 Å². The summed E-state index contributed by atoms with van der Waals surface area (Å²) in [5.74, 6) is 1.62. The third-order valence-corrected chi connectivity index (χ3v) is 9.53. The number of fused-ring (bicyclic) bond motifs is 8. The lowest BCUT2D eigenvalue weighted by atomic mass is 9.67. The highest BCUT2D eigenvalue weighted by Crippen LogP contribution is 2.67. The molecule has 5 aromatic rings. The molecular formula is C37H31N. The molecule has 2 bridgehead atoms. The largest absolute Gasteiger partial charge is 0.309 e. The van der Waals surface area contributed by atoms with E-state index in [1.807, 2.05) is 0 Å². The van der Waals surface area contributed by atoms with E-state index in [0.29, 0.717) is 0 Å². The van der Waals surface area contributed by atoms with Crippen LogP contribution >= 0.6 is 0 Å². The van der Waals surface area contributed by atoms with Gasteiger partial charge in [-0.2, -0.15) is 0 Å². The second-order valence-electron chi connectivity index (χ2n) is 11.4. The van der Waals surface area contributed by atoms with Gasteiger partial charge in [-0.25, -0.2) is 0 Å². The van der Waals surface area contributed by atoms with E-state index in [0.717, 1.165) is 11.8 Å². The van der Waals surface area contributed by atoms with Gasteiger partial charge in [-0.3, -0.25) is 0 Å². The number of para-hydroxylation sites is 2. The molecule has 2 saturated carbocycles. The summed E-state index contributed by atoms with van der Waals surface area (Å²) in [6.45, 7) is 0. The van der Waals surface area contributed by atoms with Gasteiger partial charge in [0.2, 0.25) is 0 Å². The van der Waals surface area contributed by atoms with Crippen molar-refractivity contribution in [1.82, 2.24) is 0 Å². The Morgan fingerprint density at radius 2 is 1.21 bits per heavy atom. The topological polar surface area (TPSA) is 3.24 Å². The van der Waals surface area contributed by atoms with Gasteiger partial charge in [-0.15, -0.1) is 0 Å². The lowest BCUT2D eigenvalue weighted by Gasteiger charge is -2.37. The Labute approximate surface area is 225 Å². The van der Waals surface area contributed by atoms with Crippen LogP contribution in [-0.4, -0.2) is 0 Å². The summed E-state index contributed by atoms with van der Waals surface area (Å²) < 4.78 is 0. The predicted octanol–water partition coefficient (Wildman–Crippen LogP) is 9.91. The van der Waals surface area contributed by atoms with Gasteiger partial charge < -0.3 is 4.90 Å². The number of benzene rings is 5. The summed E-state index contributed by atoms with van der Waals surface area (Å²) in [6.07, 6.45) is 5.46. The minimum Gasteiger partial charge on any atom is -0.309 e. The summed E-state index contributed by atoms with van der Waals surface area (Å²) in [4.78, 5) is 2.50. The molecule has 3 aliphatic carbocycles. The maximum atomic E-state index is 2.50. The zero-order valence-corrected chi connectivity index (χ0v) is 21.6. The molecule has 0 radical (unpaired) electrons. The molecule has 1 spiro atoms. The zero-order valence-electron chi connectivity index (χ0n) is 21.6. The third-order valence-electron chi connectivity index (χ3n) is 9.53. The fraction of sp³-hybridized carbons (Fsp3) is 0.189. The standard InChI is InChI=1S/C37H31N/c1-3-12-27(13-4-1)30-16-8-10-20-34(30)38(29-14-5-2-6-15-29)35-21-11-19-33-36(35)31-17-7-9-18-32(31)37(33)25-26-22-23-28(37)24-26/h1-21,26,28H,22-25H2. The van der Waals surface area contributed by atoms with Crippen LogP contribution in [0.5, 0.6) is 0 Å². The van der Waals surface area contributed by atoms with Crippen molar-refractivity contribution in [3.05, 3.63) is 139 Å². The van der Waals surface area contributed by atoms with Crippen LogP contribution in [0.4, 0.5) is 17.1 Å². The molecule has 0 amide bonds. The van der Waals surface area contributed by atoms with Crippen LogP contribution in [0.3, 0.4) is 0 Å². The van der Waals surface area contributed by atoms with E-state index in [4.69, 9.17) is 0 Å². The molecule has 3 aliphatic rings. The minimum absolute atomic E-state index is 0.173. The highest BCUT2D eigenvalue weighted by molar-refractivity contribution is 5.97. The van der Waals surface area contributed by atoms with Gasteiger partial charge in [0.25, 0.3) is 0 Å². The van der Waals surface area contributed by atoms with E-state index >= 15 is 0 Å². The number of hydrogen-bond donors (Lipinski definition) is 0. The Hall–Kier alpha value is -4.10. The minimum atomic E-state index is 0.173. The molecule has 38 heavy (non-hydrogen) atoms. The number of anilines is 3. The molecule has 3 atom stereocenters. The van der Waals surface area contributed by atoms with Crippen LogP contribution in [0.1, 0.15) is 36.8 Å². The van der Waals surface area contributed by atoms with Crippen molar-refractivity contribution < 1.29 is 0 Å². The van der Waals surface area contributed by atoms with Crippen molar-refractivity contribution in [3.63, 3.8) is 0 Å². The molecule has 5 aromatic carbocycles. The Bertz CT molecular complexity index is 1640. The fourth-order valence-corrected chi connectivity index (χ4v) is 8.12. The first-order valence-electron chi connectivity index (χ1n) is 14.1. The predicted molar refractivity (Wildman–Crippen MR) is 158 cm³/mol. The van der Waals surface area contributed by atoms with Crippen LogP contribution in [0.15, 0.2) is 127 Å². The smallest absolute Gasteiger partial charge is 0.0543 e. The highest BCUT2D eigenvalue weighted by Gasteiger charge is 2.57. The SMILES string of the molecule is c1ccc(-c2ccccc2N(c2ccccc2)c2cccc3c2-c2ccccc2C32CC3CCC2C3)cc1. The molecule has 0 heterocycles. The molecular weight excluding hydrogens is 458 g/mol. The van der Waals surface area contributed by atoms with Crippen LogP contribution in [0, 0.1) is 11.8 Å². The molecule has 0 N–H and O–H groups in total. The first-order chi connectivity index (χ1) is 18.8. The summed E-state index contributed by atoms with van der Waals surface area (Å²) in [5, 5.41) is 0. The van der Waals surface area contributed by atoms with Crippen LogP contribution in [-0.2, 0) is 5.41 Å². The summed E-state index contributed by atoms with van der Waals surface area (Å²) in [7, 11) is 0. The van der Waals surface area contributed by atoms with Gasteiger partial charge in [0.15, 0.2) is 0 Å². The maximum Gasteiger partial charge on any atom is 0.0543 e. The zero-order chi connectivity index (χ0) is 25.1. The lowest BCUT2D eigenvalue weighted by molar-refractivity contribution is 0.327. The summed E-state index contributed by atoms with van der Waals surface area (Å²) >= 11 is 0. The molecule has 1 heteroatoms. The van der Waals surface area contributed by atoms with Crippen molar-refractivity contribution in [1.29, 1.82) is 0 Å². The Morgan fingerprint density at radius 1 is 0.553 bits per heavy atom. The van der Waals surface area contributed by atoms with Crippen molar-refractivity contribution in [2.45, 2.75) is 31.1 Å². The molecule has 8 rings (SSSR count). The molecule has 0 aromatic heterocycles. The molecule has 3 unspecified atom stereocenters. The molecule has 2 fully saturated rings. The van der Waals surface area contributed by atoms with Gasteiger partial charge in [0.05, 0.1) is 11.4 Å². The van der Waals surface area contributed by atoms with Gasteiger partial charge in [-0.05, 0) is 77.6 Å². The quantitative estimate of drug-likeness (QED) is 0.243. The number of nitrogens with zero attached hydrogens (tertiary/aromatic N) is 1. The Balaban J connectivity index is 1.41. The summed E-state index contributed by atoms with van der Waals surface area (Å²) in [5.41, 5.74) is 12.3. The second kappa shape index (κ2) is 8.46. The third kappa shape index (κ3) is 3.05. The average molecular weight is 490 g/mol. The van der Waals surface area contributed by atoms with E-state index in [1.54, 1.807) is 11.1 Å². The maximum absolute atomic E-state index is 2.50. The van der Waals surface area contributed by atoms with Crippen LogP contribution in [0.25, 0.3) is 22.3 Å². The normalized spacial score (nSPS) is 22.4. The van der Waals surface area contributed by atoms with Gasteiger partial charge >= 0.3 is 0 Å². The monoisotopic (exact) mass is 489 g/mol. The summed E-state index contributed by atoms with van der Waals surface area (Å²) in [6, 6.07) is 47.0. The van der Waals surface area contributed by atoms with E-state index in [-0.39, 0.29) is 5.41 Å². The van der Waals surface area contributed by atoms with Crippen LogP contribution in [0.2, 0.25) is 0 Å². The van der Waals surface area contributed by atoms with E-state index in [9.17, 15) is 0 Å². The van der Waals surface area contributed by atoms with Crippen molar-refractivity contribution in [2.24, 2.45) is 11.8 Å². The van der Waals surface area contributed by atoms with Gasteiger partial charge in [-0.1, -0.05) is 110 Å². The van der Waals surface area contributed by atoms with Crippen molar-refractivity contribution in [2.75, 3.05) is 4.90 Å². The number of hydrogen-bond acceptors (Lipinski definition) is 1. The Kier molecular flexibility index (Phi) is 4.88. The lowest BCUT2D eigenvalue weighted by Crippen LogP contribution is -2.31. The van der Waals surface area contributed by atoms with Crippen LogP contribution < -0.4 is 4.90 Å². The second-order valence-corrected chi connectivity index (χ2v) is 11.4. The van der Waals surface area contributed by atoms with E-state index in [1.165, 1.54) is 65.0 Å². The van der Waals surface area contributed by atoms with E-state index in [2.05, 4.69) is 132 Å². The average Bonchev–Trinajstić information content (AvgIpc) is 3.68. The Morgan fingerprint density at radius 3 is 1.97 bits per heavy atom. The first kappa shape index (κ1) is 21.9. The fourth-order valence-electron chi connectivity index (χ4n) is 8.12. The van der Waals surface area contributed by atoms with Gasteiger partial charge in [0.1, 0.15) is 0 Å². The number of rotatable bonds is 4. The van der Waals surface area contributed by atoms with Crippen molar-refractivity contribution >= 4 is 17.1 Å².